The molecule has 0 saturated carbocycles. The molecular formula is C17H20N4O2. The Kier molecular flexibility index (Phi) is 4.41. The minimum atomic E-state index is -0.353. The van der Waals surface area contributed by atoms with Gasteiger partial charge in [-0.3, -0.25) is 14.3 Å². The highest BCUT2D eigenvalue weighted by atomic mass is 16.2. The van der Waals surface area contributed by atoms with Crippen molar-refractivity contribution in [2.45, 2.75) is 32.4 Å². The second kappa shape index (κ2) is 6.64. The van der Waals surface area contributed by atoms with Gasteiger partial charge in [0.2, 0.25) is 11.8 Å². The fraction of sp³-hybridized carbons (Fsp3) is 0.353. The molecule has 1 aliphatic rings. The minimum absolute atomic E-state index is 0.0867. The van der Waals surface area contributed by atoms with Crippen LogP contribution in [0.4, 0.5) is 5.69 Å². The Labute approximate surface area is 135 Å². The monoisotopic (exact) mass is 312 g/mol. The average molecular weight is 312 g/mol. The highest BCUT2D eigenvalue weighted by Crippen LogP contribution is 2.22. The Morgan fingerprint density at radius 1 is 1.39 bits per heavy atom. The third kappa shape index (κ3) is 3.41. The quantitative estimate of drug-likeness (QED) is 0.917. The van der Waals surface area contributed by atoms with E-state index in [1.807, 2.05) is 31.2 Å². The van der Waals surface area contributed by atoms with Gasteiger partial charge < -0.3 is 10.2 Å². The molecule has 2 heterocycles. The van der Waals surface area contributed by atoms with Crippen molar-refractivity contribution in [3.8, 4) is 0 Å². The molecule has 1 atom stereocenters. The zero-order chi connectivity index (χ0) is 16.2. The smallest absolute Gasteiger partial charge is 0.244 e. The topological polar surface area (TPSA) is 67.2 Å². The average Bonchev–Trinajstić information content (AvgIpc) is 3.23. The molecule has 6 heteroatoms. The minimum Gasteiger partial charge on any atom is -0.350 e. The molecule has 1 aliphatic heterocycles. The number of aromatic nitrogens is 2. The molecule has 0 spiro atoms. The molecule has 0 radical (unpaired) electrons. The van der Waals surface area contributed by atoms with Gasteiger partial charge in [0.15, 0.2) is 0 Å². The second-order valence-corrected chi connectivity index (χ2v) is 5.70. The highest BCUT2D eigenvalue weighted by molar-refractivity contribution is 5.95. The molecule has 1 N–H and O–H groups in total. The normalized spacial score (nSPS) is 15.7. The number of nitrogens with zero attached hydrogens (tertiary/aromatic N) is 3. The van der Waals surface area contributed by atoms with E-state index >= 15 is 0 Å². The van der Waals surface area contributed by atoms with Crippen molar-refractivity contribution in [2.75, 3.05) is 11.4 Å². The van der Waals surface area contributed by atoms with E-state index in [0.29, 0.717) is 13.0 Å². The predicted molar refractivity (Wildman–Crippen MR) is 86.8 cm³/mol. The first-order valence-electron chi connectivity index (χ1n) is 7.81. The zero-order valence-corrected chi connectivity index (χ0v) is 13.1. The maximum absolute atomic E-state index is 12.2. The molecule has 0 unspecified atom stereocenters. The van der Waals surface area contributed by atoms with Crippen molar-refractivity contribution in [1.82, 2.24) is 15.1 Å². The molecule has 1 aromatic carbocycles. The third-order valence-electron chi connectivity index (χ3n) is 4.06. The number of hydrogen-bond acceptors (Lipinski definition) is 3. The maximum atomic E-state index is 12.2. The molecule has 3 rings (SSSR count). The molecule has 1 aromatic heterocycles. The largest absolute Gasteiger partial charge is 0.350 e. The lowest BCUT2D eigenvalue weighted by Crippen LogP contribution is -2.31. The number of benzene rings is 1. The third-order valence-corrected chi connectivity index (χ3v) is 4.06. The van der Waals surface area contributed by atoms with E-state index in [1.165, 1.54) is 0 Å². The first-order valence-corrected chi connectivity index (χ1v) is 7.81. The Bertz CT molecular complexity index is 696. The summed E-state index contributed by atoms with van der Waals surface area (Å²) in [7, 11) is 0. The molecule has 1 saturated heterocycles. The van der Waals surface area contributed by atoms with Crippen LogP contribution in [0.25, 0.3) is 0 Å². The van der Waals surface area contributed by atoms with E-state index in [9.17, 15) is 9.59 Å². The van der Waals surface area contributed by atoms with Crippen LogP contribution in [0.2, 0.25) is 0 Å². The van der Waals surface area contributed by atoms with Gasteiger partial charge in [0, 0.05) is 37.6 Å². The van der Waals surface area contributed by atoms with E-state index in [0.717, 1.165) is 24.2 Å². The van der Waals surface area contributed by atoms with Gasteiger partial charge in [-0.15, -0.1) is 0 Å². The number of amides is 2. The molecule has 0 aliphatic carbocycles. The predicted octanol–water partition coefficient (Wildman–Crippen LogP) is 1.89. The van der Waals surface area contributed by atoms with Gasteiger partial charge in [0.25, 0.3) is 0 Å². The van der Waals surface area contributed by atoms with Crippen molar-refractivity contribution in [3.63, 3.8) is 0 Å². The van der Waals surface area contributed by atoms with Crippen LogP contribution in [-0.4, -0.2) is 28.1 Å². The first kappa shape index (κ1) is 15.3. The van der Waals surface area contributed by atoms with Crippen LogP contribution < -0.4 is 10.2 Å². The van der Waals surface area contributed by atoms with Crippen LogP contribution >= 0.6 is 0 Å². The van der Waals surface area contributed by atoms with Crippen molar-refractivity contribution in [1.29, 1.82) is 0 Å². The lowest BCUT2D eigenvalue weighted by molar-refractivity contribution is -0.124. The molecular weight excluding hydrogens is 292 g/mol. The summed E-state index contributed by atoms with van der Waals surface area (Å²) in [6, 6.07) is 9.19. The zero-order valence-electron chi connectivity index (χ0n) is 13.1. The highest BCUT2D eigenvalue weighted by Gasteiger charge is 2.21. The summed E-state index contributed by atoms with van der Waals surface area (Å²) >= 11 is 0. The van der Waals surface area contributed by atoms with E-state index in [1.54, 1.807) is 28.0 Å². The summed E-state index contributed by atoms with van der Waals surface area (Å²) in [6.45, 7) is 3.01. The van der Waals surface area contributed by atoms with Gasteiger partial charge in [0.05, 0.1) is 0 Å². The van der Waals surface area contributed by atoms with Crippen molar-refractivity contribution in [2.24, 2.45) is 0 Å². The van der Waals surface area contributed by atoms with Crippen LogP contribution in [0.15, 0.2) is 42.7 Å². The van der Waals surface area contributed by atoms with Crippen LogP contribution in [0.3, 0.4) is 0 Å². The van der Waals surface area contributed by atoms with Crippen LogP contribution in [-0.2, 0) is 16.1 Å². The maximum Gasteiger partial charge on any atom is 0.244 e. The molecule has 0 bridgehead atoms. The molecule has 2 aromatic rings. The summed E-state index contributed by atoms with van der Waals surface area (Å²) in [4.78, 5) is 25.8. The SMILES string of the molecule is C[C@@H](C(=O)NCc1cccc(N2CCCC2=O)c1)n1cccn1. The standard InChI is InChI=1S/C17H20N4O2/c1-13(21-10-4-8-19-21)17(23)18-12-14-5-2-6-15(11-14)20-9-3-7-16(20)22/h2,4-6,8,10-11,13H,3,7,9,12H2,1H3,(H,18,23)/t13-/m0/s1. The van der Waals surface area contributed by atoms with Gasteiger partial charge in [-0.1, -0.05) is 12.1 Å². The second-order valence-electron chi connectivity index (χ2n) is 5.70. The fourth-order valence-corrected chi connectivity index (χ4v) is 2.72. The van der Waals surface area contributed by atoms with Crippen molar-refractivity contribution >= 4 is 17.5 Å². The Balaban J connectivity index is 1.62. The van der Waals surface area contributed by atoms with Crippen molar-refractivity contribution in [3.05, 3.63) is 48.3 Å². The van der Waals surface area contributed by atoms with Gasteiger partial charge in [-0.2, -0.15) is 5.10 Å². The summed E-state index contributed by atoms with van der Waals surface area (Å²) < 4.78 is 1.62. The fourth-order valence-electron chi connectivity index (χ4n) is 2.72. The molecule has 1 fully saturated rings. The molecule has 120 valence electrons. The van der Waals surface area contributed by atoms with Gasteiger partial charge >= 0.3 is 0 Å². The van der Waals surface area contributed by atoms with Crippen LogP contribution in [0, 0.1) is 0 Å². The number of carbonyl (C=O) groups excluding carboxylic acids is 2. The summed E-state index contributed by atoms with van der Waals surface area (Å²) in [5, 5.41) is 6.99. The molecule has 6 nitrogen and oxygen atoms in total. The van der Waals surface area contributed by atoms with Crippen LogP contribution in [0.5, 0.6) is 0 Å². The first-order chi connectivity index (χ1) is 11.1. The lowest BCUT2D eigenvalue weighted by atomic mass is 10.2. The van der Waals surface area contributed by atoms with Gasteiger partial charge in [-0.25, -0.2) is 0 Å². The van der Waals surface area contributed by atoms with E-state index in [-0.39, 0.29) is 17.9 Å². The number of rotatable bonds is 5. The number of nitrogens with one attached hydrogen (secondary N) is 1. The van der Waals surface area contributed by atoms with Crippen molar-refractivity contribution < 1.29 is 9.59 Å². The molecule has 23 heavy (non-hydrogen) atoms. The van der Waals surface area contributed by atoms with Gasteiger partial charge in [0.1, 0.15) is 6.04 Å². The number of hydrogen-bond donors (Lipinski definition) is 1. The number of anilines is 1. The Hall–Kier alpha value is -2.63. The summed E-state index contributed by atoms with van der Waals surface area (Å²) in [5.74, 6) is 0.0786. The van der Waals surface area contributed by atoms with Gasteiger partial charge in [-0.05, 0) is 37.1 Å². The molecule has 2 amide bonds. The lowest BCUT2D eigenvalue weighted by Gasteiger charge is -2.17. The van der Waals surface area contributed by atoms with E-state index in [4.69, 9.17) is 0 Å². The van der Waals surface area contributed by atoms with Crippen LogP contribution in [0.1, 0.15) is 31.4 Å². The van der Waals surface area contributed by atoms with E-state index < -0.39 is 0 Å². The Morgan fingerprint density at radius 2 is 2.26 bits per heavy atom. The summed E-state index contributed by atoms with van der Waals surface area (Å²) in [6.07, 6.45) is 4.94. The Morgan fingerprint density at radius 3 is 2.96 bits per heavy atom. The number of carbonyl (C=O) groups is 2. The van der Waals surface area contributed by atoms with E-state index in [2.05, 4.69) is 10.4 Å². The summed E-state index contributed by atoms with van der Waals surface area (Å²) in [5.41, 5.74) is 1.88.